The second-order valence-electron chi connectivity index (χ2n) is 6.80. The number of allylic oxidation sites excluding steroid dienone is 2. The third-order valence-corrected chi connectivity index (χ3v) is 4.49. The van der Waals surface area contributed by atoms with Crippen molar-refractivity contribution >= 4 is 18.2 Å². The molecule has 1 heterocycles. The molecule has 25 heavy (non-hydrogen) atoms. The first-order chi connectivity index (χ1) is 11.8. The molecule has 0 saturated carbocycles. The van der Waals surface area contributed by atoms with Gasteiger partial charge >= 0.3 is 11.9 Å². The van der Waals surface area contributed by atoms with E-state index in [-0.39, 0.29) is 11.1 Å². The van der Waals surface area contributed by atoms with Gasteiger partial charge in [0.1, 0.15) is 18.5 Å². The second-order valence-corrected chi connectivity index (χ2v) is 6.80. The van der Waals surface area contributed by atoms with E-state index in [2.05, 4.69) is 6.58 Å². The molecule has 2 aliphatic rings. The fourth-order valence-corrected chi connectivity index (χ4v) is 2.99. The van der Waals surface area contributed by atoms with Crippen LogP contribution in [0.2, 0.25) is 0 Å². The molecule has 0 aromatic heterocycles. The van der Waals surface area contributed by atoms with Crippen molar-refractivity contribution in [2.24, 2.45) is 11.8 Å². The van der Waals surface area contributed by atoms with Gasteiger partial charge in [0, 0.05) is 11.1 Å². The zero-order chi connectivity index (χ0) is 18.7. The van der Waals surface area contributed by atoms with Crippen LogP contribution < -0.4 is 0 Å². The van der Waals surface area contributed by atoms with Gasteiger partial charge < -0.3 is 14.6 Å². The predicted molar refractivity (Wildman–Crippen MR) is 90.4 cm³/mol. The number of ether oxygens (including phenoxy) is 2. The average molecular weight is 348 g/mol. The number of aliphatic hydroxyl groups is 1. The van der Waals surface area contributed by atoms with Crippen LogP contribution in [0.5, 0.6) is 0 Å². The first-order valence-electron chi connectivity index (χ1n) is 8.37. The van der Waals surface area contributed by atoms with Gasteiger partial charge in [0.15, 0.2) is 6.10 Å². The first kappa shape index (κ1) is 19.1. The minimum atomic E-state index is -1.31. The SMILES string of the molecule is C=C1C(=O)OC2C=C(C)CCC=C(C=O)C(OC(=O)C(C)C)C(O)C12. The summed E-state index contributed by atoms with van der Waals surface area (Å²) >= 11 is 0. The Morgan fingerprint density at radius 2 is 2.16 bits per heavy atom. The second kappa shape index (κ2) is 7.78. The quantitative estimate of drug-likeness (QED) is 0.362. The molecule has 136 valence electrons. The van der Waals surface area contributed by atoms with Crippen LogP contribution in [0, 0.1) is 11.8 Å². The first-order valence-corrected chi connectivity index (χ1v) is 8.37. The van der Waals surface area contributed by atoms with Crippen molar-refractivity contribution in [2.75, 3.05) is 0 Å². The van der Waals surface area contributed by atoms with E-state index < -0.39 is 42.1 Å². The summed E-state index contributed by atoms with van der Waals surface area (Å²) < 4.78 is 10.7. The Balaban J connectivity index is 2.46. The van der Waals surface area contributed by atoms with Gasteiger partial charge in [0.05, 0.1) is 11.8 Å². The molecular formula is C19H24O6. The number of esters is 2. The van der Waals surface area contributed by atoms with Crippen LogP contribution in [-0.2, 0) is 23.9 Å². The van der Waals surface area contributed by atoms with Crippen LogP contribution in [0.25, 0.3) is 0 Å². The lowest BCUT2D eigenvalue weighted by atomic mass is 9.84. The van der Waals surface area contributed by atoms with Crippen LogP contribution >= 0.6 is 0 Å². The highest BCUT2D eigenvalue weighted by Gasteiger charge is 2.46. The van der Waals surface area contributed by atoms with E-state index >= 15 is 0 Å². The molecule has 6 heteroatoms. The van der Waals surface area contributed by atoms with E-state index in [0.717, 1.165) is 5.57 Å². The van der Waals surface area contributed by atoms with E-state index in [0.29, 0.717) is 19.1 Å². The fraction of sp³-hybridized carbons (Fsp3) is 0.526. The topological polar surface area (TPSA) is 89.9 Å². The van der Waals surface area contributed by atoms with E-state index in [9.17, 15) is 19.5 Å². The maximum absolute atomic E-state index is 12.1. The number of aliphatic hydroxyl groups excluding tert-OH is 1. The number of carbonyl (C=O) groups is 3. The Labute approximate surface area is 147 Å². The molecule has 2 rings (SSSR count). The molecule has 4 atom stereocenters. The number of carbonyl (C=O) groups excluding carboxylic acids is 3. The third-order valence-electron chi connectivity index (χ3n) is 4.49. The molecule has 6 nitrogen and oxygen atoms in total. The van der Waals surface area contributed by atoms with Crippen molar-refractivity contribution < 1.29 is 29.0 Å². The Morgan fingerprint density at radius 3 is 2.76 bits per heavy atom. The maximum atomic E-state index is 12.1. The molecule has 0 bridgehead atoms. The minimum Gasteiger partial charge on any atom is -0.454 e. The van der Waals surface area contributed by atoms with Gasteiger partial charge in [0.25, 0.3) is 0 Å². The largest absolute Gasteiger partial charge is 0.454 e. The molecule has 4 unspecified atom stereocenters. The molecule has 0 spiro atoms. The molecule has 1 N–H and O–H groups in total. The van der Waals surface area contributed by atoms with Gasteiger partial charge in [-0.1, -0.05) is 32.1 Å². The number of hydrogen-bond donors (Lipinski definition) is 1. The molecular weight excluding hydrogens is 324 g/mol. The lowest BCUT2D eigenvalue weighted by Crippen LogP contribution is -2.42. The molecule has 0 aromatic carbocycles. The van der Waals surface area contributed by atoms with E-state index in [1.165, 1.54) is 0 Å². The number of rotatable bonds is 3. The van der Waals surface area contributed by atoms with Crippen molar-refractivity contribution in [1.82, 2.24) is 0 Å². The van der Waals surface area contributed by atoms with Crippen LogP contribution in [0.15, 0.2) is 35.5 Å². The fourth-order valence-electron chi connectivity index (χ4n) is 2.99. The van der Waals surface area contributed by atoms with Gasteiger partial charge in [-0.3, -0.25) is 9.59 Å². The van der Waals surface area contributed by atoms with Crippen LogP contribution in [0.1, 0.15) is 33.6 Å². The van der Waals surface area contributed by atoms with E-state index in [4.69, 9.17) is 9.47 Å². The summed E-state index contributed by atoms with van der Waals surface area (Å²) in [5.41, 5.74) is 1.27. The summed E-state index contributed by atoms with van der Waals surface area (Å²) in [5.74, 6) is -2.33. The van der Waals surface area contributed by atoms with Crippen molar-refractivity contribution in [2.45, 2.75) is 51.9 Å². The summed E-state index contributed by atoms with van der Waals surface area (Å²) in [6.07, 6.45) is 2.05. The molecule has 1 saturated heterocycles. The van der Waals surface area contributed by atoms with Crippen molar-refractivity contribution in [3.8, 4) is 0 Å². The Kier molecular flexibility index (Phi) is 5.95. The highest BCUT2D eigenvalue weighted by molar-refractivity contribution is 5.91. The summed E-state index contributed by atoms with van der Waals surface area (Å²) in [6.45, 7) is 8.93. The minimum absolute atomic E-state index is 0.109. The van der Waals surface area contributed by atoms with Crippen molar-refractivity contribution in [1.29, 1.82) is 0 Å². The maximum Gasteiger partial charge on any atom is 0.334 e. The molecule has 1 aliphatic carbocycles. The highest BCUT2D eigenvalue weighted by Crippen LogP contribution is 2.35. The highest BCUT2D eigenvalue weighted by atomic mass is 16.6. The van der Waals surface area contributed by atoms with E-state index in [1.54, 1.807) is 26.0 Å². The zero-order valence-corrected chi connectivity index (χ0v) is 14.7. The Hall–Kier alpha value is -2.21. The van der Waals surface area contributed by atoms with Crippen LogP contribution in [0.3, 0.4) is 0 Å². The van der Waals surface area contributed by atoms with Crippen LogP contribution in [-0.4, -0.2) is 41.6 Å². The molecule has 1 aliphatic heterocycles. The molecule has 0 amide bonds. The Bertz CT molecular complexity index is 642. The van der Waals surface area contributed by atoms with Crippen molar-refractivity contribution in [3.05, 3.63) is 35.5 Å². The van der Waals surface area contributed by atoms with Crippen LogP contribution in [0.4, 0.5) is 0 Å². The lowest BCUT2D eigenvalue weighted by molar-refractivity contribution is -0.158. The summed E-state index contributed by atoms with van der Waals surface area (Å²) in [7, 11) is 0. The van der Waals surface area contributed by atoms with Gasteiger partial charge in [-0.2, -0.15) is 0 Å². The number of fused-ring (bicyclic) bond motifs is 1. The molecule has 0 radical (unpaired) electrons. The predicted octanol–water partition coefficient (Wildman–Crippen LogP) is 1.88. The molecule has 1 fully saturated rings. The van der Waals surface area contributed by atoms with Crippen molar-refractivity contribution in [3.63, 3.8) is 0 Å². The Morgan fingerprint density at radius 1 is 1.48 bits per heavy atom. The van der Waals surface area contributed by atoms with E-state index in [1.807, 2.05) is 6.92 Å². The average Bonchev–Trinajstić information content (AvgIpc) is 2.82. The normalized spacial score (nSPS) is 30.1. The monoisotopic (exact) mass is 348 g/mol. The van der Waals surface area contributed by atoms with Gasteiger partial charge in [0.2, 0.25) is 0 Å². The lowest BCUT2D eigenvalue weighted by Gasteiger charge is -2.30. The third kappa shape index (κ3) is 4.07. The van der Waals surface area contributed by atoms with Gasteiger partial charge in [-0.15, -0.1) is 0 Å². The number of hydrogen-bond acceptors (Lipinski definition) is 6. The smallest absolute Gasteiger partial charge is 0.334 e. The number of aldehydes is 1. The zero-order valence-electron chi connectivity index (χ0n) is 14.7. The summed E-state index contributed by atoms with van der Waals surface area (Å²) in [5, 5.41) is 10.9. The van der Waals surface area contributed by atoms with Gasteiger partial charge in [-0.25, -0.2) is 4.79 Å². The summed E-state index contributed by atoms with van der Waals surface area (Å²) in [6, 6.07) is 0. The summed E-state index contributed by atoms with van der Waals surface area (Å²) in [4.78, 5) is 35.5. The van der Waals surface area contributed by atoms with Gasteiger partial charge in [-0.05, 0) is 25.8 Å². The molecule has 0 aromatic rings. The standard InChI is InChI=1S/C19H24O6/c1-10(2)18(22)25-17-13(9-20)7-5-6-11(3)8-14-15(16(17)21)12(4)19(23)24-14/h7-10,14-17,21H,4-6H2,1-3H3.